The van der Waals surface area contributed by atoms with E-state index >= 15 is 0 Å². The lowest BCUT2D eigenvalue weighted by atomic mass is 10.1. The molecule has 0 heterocycles. The number of aryl methyl sites for hydroxylation is 1. The standard InChI is InChI=1S/C15H9FN2O/c1-10-5-6-11(8-17)7-15(10)19-14-4-2-3-13(16)12(14)9-18/h2-7H,1H3. The lowest BCUT2D eigenvalue weighted by Gasteiger charge is -2.10. The number of hydrogen-bond acceptors (Lipinski definition) is 3. The number of hydrogen-bond donors (Lipinski definition) is 0. The summed E-state index contributed by atoms with van der Waals surface area (Å²) in [6, 6.07) is 12.9. The molecule has 0 amide bonds. The lowest BCUT2D eigenvalue weighted by molar-refractivity contribution is 0.471. The Morgan fingerprint density at radius 1 is 1.05 bits per heavy atom. The molecule has 0 aliphatic heterocycles. The first-order valence-electron chi connectivity index (χ1n) is 5.53. The van der Waals surface area contributed by atoms with Gasteiger partial charge in [0.05, 0.1) is 11.6 Å². The fourth-order valence-corrected chi connectivity index (χ4v) is 1.60. The summed E-state index contributed by atoms with van der Waals surface area (Å²) in [5, 5.41) is 17.8. The molecule has 2 aromatic rings. The van der Waals surface area contributed by atoms with Gasteiger partial charge in [0, 0.05) is 0 Å². The topological polar surface area (TPSA) is 56.8 Å². The fraction of sp³-hybridized carbons (Fsp3) is 0.0667. The van der Waals surface area contributed by atoms with Gasteiger partial charge in [-0.1, -0.05) is 12.1 Å². The second-order valence-corrected chi connectivity index (χ2v) is 3.92. The minimum atomic E-state index is -0.630. The van der Waals surface area contributed by atoms with E-state index in [4.69, 9.17) is 15.3 Å². The molecule has 3 nitrogen and oxygen atoms in total. The van der Waals surface area contributed by atoms with E-state index < -0.39 is 5.82 Å². The van der Waals surface area contributed by atoms with Crippen LogP contribution in [0.15, 0.2) is 36.4 Å². The highest BCUT2D eigenvalue weighted by molar-refractivity contribution is 5.49. The van der Waals surface area contributed by atoms with Gasteiger partial charge in [0.15, 0.2) is 0 Å². The van der Waals surface area contributed by atoms with Crippen molar-refractivity contribution in [1.29, 1.82) is 10.5 Å². The van der Waals surface area contributed by atoms with E-state index in [-0.39, 0.29) is 11.3 Å². The molecule has 2 rings (SSSR count). The summed E-state index contributed by atoms with van der Waals surface area (Å²) < 4.78 is 19.0. The number of nitrogens with zero attached hydrogens (tertiary/aromatic N) is 2. The predicted octanol–water partition coefficient (Wildman–Crippen LogP) is 3.67. The van der Waals surface area contributed by atoms with Gasteiger partial charge < -0.3 is 4.74 Å². The molecule has 0 spiro atoms. The van der Waals surface area contributed by atoms with Crippen LogP contribution < -0.4 is 4.74 Å². The number of benzene rings is 2. The Kier molecular flexibility index (Phi) is 3.45. The highest BCUT2D eigenvalue weighted by atomic mass is 19.1. The maximum absolute atomic E-state index is 13.4. The molecule has 0 aromatic heterocycles. The average molecular weight is 252 g/mol. The highest BCUT2D eigenvalue weighted by Gasteiger charge is 2.11. The van der Waals surface area contributed by atoms with Crippen molar-refractivity contribution in [3.63, 3.8) is 0 Å². The molecule has 92 valence electrons. The van der Waals surface area contributed by atoms with Crippen LogP contribution in [0.2, 0.25) is 0 Å². The molecular formula is C15H9FN2O. The van der Waals surface area contributed by atoms with Crippen molar-refractivity contribution in [1.82, 2.24) is 0 Å². The Morgan fingerprint density at radius 2 is 1.84 bits per heavy atom. The molecule has 0 radical (unpaired) electrons. The maximum atomic E-state index is 13.4. The number of ether oxygens (including phenoxy) is 1. The Balaban J connectivity index is 2.46. The second kappa shape index (κ2) is 5.20. The van der Waals surface area contributed by atoms with Crippen molar-refractivity contribution in [2.24, 2.45) is 0 Å². The summed E-state index contributed by atoms with van der Waals surface area (Å²) in [6.45, 7) is 1.81. The first-order chi connectivity index (χ1) is 9.15. The van der Waals surface area contributed by atoms with Crippen molar-refractivity contribution in [3.8, 4) is 23.6 Å². The minimum absolute atomic E-state index is 0.140. The van der Waals surface area contributed by atoms with Gasteiger partial charge in [-0.25, -0.2) is 4.39 Å². The summed E-state index contributed by atoms with van der Waals surface area (Å²) in [6.07, 6.45) is 0. The van der Waals surface area contributed by atoms with Gasteiger partial charge in [0.25, 0.3) is 0 Å². The first-order valence-corrected chi connectivity index (χ1v) is 5.53. The van der Waals surface area contributed by atoms with Crippen molar-refractivity contribution in [2.75, 3.05) is 0 Å². The van der Waals surface area contributed by atoms with Crippen LogP contribution in [0.1, 0.15) is 16.7 Å². The third kappa shape index (κ3) is 2.53. The van der Waals surface area contributed by atoms with Crippen LogP contribution in [-0.4, -0.2) is 0 Å². The van der Waals surface area contributed by atoms with E-state index in [9.17, 15) is 4.39 Å². The smallest absolute Gasteiger partial charge is 0.148 e. The van der Waals surface area contributed by atoms with E-state index in [2.05, 4.69) is 0 Å². The molecule has 0 aliphatic carbocycles. The van der Waals surface area contributed by atoms with Crippen molar-refractivity contribution < 1.29 is 9.13 Å². The molecule has 0 unspecified atom stereocenters. The first kappa shape index (κ1) is 12.6. The maximum Gasteiger partial charge on any atom is 0.148 e. The summed E-state index contributed by atoms with van der Waals surface area (Å²) in [5.41, 5.74) is 1.09. The summed E-state index contributed by atoms with van der Waals surface area (Å²) in [5.74, 6) is -0.0593. The Morgan fingerprint density at radius 3 is 2.53 bits per heavy atom. The second-order valence-electron chi connectivity index (χ2n) is 3.92. The number of rotatable bonds is 2. The molecule has 0 saturated carbocycles. The zero-order valence-corrected chi connectivity index (χ0v) is 10.1. The van der Waals surface area contributed by atoms with Crippen molar-refractivity contribution in [2.45, 2.75) is 6.92 Å². The van der Waals surface area contributed by atoms with E-state index in [0.717, 1.165) is 5.56 Å². The SMILES string of the molecule is Cc1ccc(C#N)cc1Oc1cccc(F)c1C#N. The van der Waals surface area contributed by atoms with E-state index in [1.807, 2.05) is 13.0 Å². The summed E-state index contributed by atoms with van der Waals surface area (Å²) >= 11 is 0. The minimum Gasteiger partial charge on any atom is -0.456 e. The summed E-state index contributed by atoms with van der Waals surface area (Å²) in [4.78, 5) is 0. The van der Waals surface area contributed by atoms with Gasteiger partial charge in [0.2, 0.25) is 0 Å². The van der Waals surface area contributed by atoms with Crippen LogP contribution in [0.25, 0.3) is 0 Å². The van der Waals surface area contributed by atoms with Gasteiger partial charge in [-0.3, -0.25) is 0 Å². The van der Waals surface area contributed by atoms with Crippen molar-refractivity contribution in [3.05, 3.63) is 58.9 Å². The molecular weight excluding hydrogens is 243 g/mol. The third-order valence-corrected chi connectivity index (χ3v) is 2.62. The van der Waals surface area contributed by atoms with Crippen molar-refractivity contribution >= 4 is 0 Å². The van der Waals surface area contributed by atoms with E-state index in [1.165, 1.54) is 18.2 Å². The van der Waals surface area contributed by atoms with Gasteiger partial charge in [-0.2, -0.15) is 10.5 Å². The van der Waals surface area contributed by atoms with Gasteiger partial charge in [0.1, 0.15) is 28.9 Å². The lowest BCUT2D eigenvalue weighted by Crippen LogP contribution is -1.93. The molecule has 0 N–H and O–H groups in total. The van der Waals surface area contributed by atoms with Crippen LogP contribution in [0.3, 0.4) is 0 Å². The normalized spacial score (nSPS) is 9.47. The number of nitriles is 2. The van der Waals surface area contributed by atoms with E-state index in [0.29, 0.717) is 11.3 Å². The Labute approximate surface area is 110 Å². The average Bonchev–Trinajstić information content (AvgIpc) is 2.41. The number of halogens is 1. The predicted molar refractivity (Wildman–Crippen MR) is 67.1 cm³/mol. The monoisotopic (exact) mass is 252 g/mol. The van der Waals surface area contributed by atoms with Crippen LogP contribution in [0.4, 0.5) is 4.39 Å². The molecule has 2 aromatic carbocycles. The fourth-order valence-electron chi connectivity index (χ4n) is 1.60. The Bertz CT molecular complexity index is 711. The van der Waals surface area contributed by atoms with Crippen LogP contribution in [0.5, 0.6) is 11.5 Å². The summed E-state index contributed by atoms with van der Waals surface area (Å²) in [7, 11) is 0. The van der Waals surface area contributed by atoms with Crippen LogP contribution >= 0.6 is 0 Å². The van der Waals surface area contributed by atoms with Crippen LogP contribution in [-0.2, 0) is 0 Å². The quantitative estimate of drug-likeness (QED) is 0.819. The molecule has 0 aliphatic rings. The molecule has 0 bridgehead atoms. The highest BCUT2D eigenvalue weighted by Crippen LogP contribution is 2.29. The Hall–Kier alpha value is -2.85. The molecule has 0 saturated heterocycles. The van der Waals surface area contributed by atoms with E-state index in [1.54, 1.807) is 24.3 Å². The molecule has 4 heteroatoms. The zero-order valence-electron chi connectivity index (χ0n) is 10.1. The largest absolute Gasteiger partial charge is 0.456 e. The molecule has 0 fully saturated rings. The van der Waals surface area contributed by atoms with Crippen LogP contribution in [0, 0.1) is 35.4 Å². The zero-order chi connectivity index (χ0) is 13.8. The third-order valence-electron chi connectivity index (χ3n) is 2.62. The van der Waals surface area contributed by atoms with Gasteiger partial charge >= 0.3 is 0 Å². The van der Waals surface area contributed by atoms with Gasteiger partial charge in [-0.05, 0) is 36.8 Å². The molecule has 0 atom stereocenters. The molecule has 19 heavy (non-hydrogen) atoms. The van der Waals surface area contributed by atoms with Gasteiger partial charge in [-0.15, -0.1) is 0 Å².